The fourth-order valence-electron chi connectivity index (χ4n) is 1.99. The molecule has 0 spiro atoms. The zero-order valence-electron chi connectivity index (χ0n) is 11.3. The van der Waals surface area contributed by atoms with Crippen LogP contribution in [-0.2, 0) is 16.9 Å². The number of hydrogen-bond acceptors (Lipinski definition) is 2. The van der Waals surface area contributed by atoms with Crippen LogP contribution in [0.5, 0.6) is 0 Å². The van der Waals surface area contributed by atoms with Crippen molar-refractivity contribution in [3.8, 4) is 0 Å². The number of ether oxygens (including phenoxy) is 1. The van der Waals surface area contributed by atoms with Crippen molar-refractivity contribution in [3.05, 3.63) is 65.7 Å². The van der Waals surface area contributed by atoms with E-state index in [1.165, 1.54) is 16.0 Å². The number of benzene rings is 2. The van der Waals surface area contributed by atoms with Crippen molar-refractivity contribution in [2.24, 2.45) is 0 Å². The molecule has 0 unspecified atom stereocenters. The Balaban J connectivity index is 1.95. The predicted octanol–water partition coefficient (Wildman–Crippen LogP) is 4.56. The second kappa shape index (κ2) is 8.03. The molecule has 0 heterocycles. The molecule has 0 aliphatic carbocycles. The van der Waals surface area contributed by atoms with Crippen LogP contribution in [0.15, 0.2) is 59.5 Å². The molecule has 0 aliphatic rings. The average molecular weight is 272 g/mol. The summed E-state index contributed by atoms with van der Waals surface area (Å²) >= 11 is 1.92. The minimum Gasteiger partial charge on any atom is -0.385 e. The van der Waals surface area contributed by atoms with E-state index in [0.29, 0.717) is 0 Å². The summed E-state index contributed by atoms with van der Waals surface area (Å²) in [7, 11) is 1.76. The molecule has 19 heavy (non-hydrogen) atoms. The molecule has 0 amide bonds. The summed E-state index contributed by atoms with van der Waals surface area (Å²) in [6.07, 6.45) is 2.17. The van der Waals surface area contributed by atoms with Gasteiger partial charge in [-0.3, -0.25) is 0 Å². The van der Waals surface area contributed by atoms with E-state index in [2.05, 4.69) is 54.6 Å². The highest BCUT2D eigenvalue weighted by atomic mass is 32.2. The zero-order valence-corrected chi connectivity index (χ0v) is 12.2. The van der Waals surface area contributed by atoms with Gasteiger partial charge < -0.3 is 4.74 Å². The molecule has 0 radical (unpaired) electrons. The molecular formula is C17H20OS. The summed E-state index contributed by atoms with van der Waals surface area (Å²) in [5.41, 5.74) is 2.81. The Morgan fingerprint density at radius 3 is 2.47 bits per heavy atom. The minimum absolute atomic E-state index is 0.831. The summed E-state index contributed by atoms with van der Waals surface area (Å²) in [4.78, 5) is 1.39. The lowest BCUT2D eigenvalue weighted by atomic mass is 10.1. The lowest BCUT2D eigenvalue weighted by molar-refractivity contribution is 0.195. The van der Waals surface area contributed by atoms with Crippen molar-refractivity contribution in [3.63, 3.8) is 0 Å². The quantitative estimate of drug-likeness (QED) is 0.540. The van der Waals surface area contributed by atoms with Gasteiger partial charge in [-0.05, 0) is 30.0 Å². The van der Waals surface area contributed by atoms with Crippen LogP contribution >= 0.6 is 11.8 Å². The van der Waals surface area contributed by atoms with E-state index in [9.17, 15) is 0 Å². The van der Waals surface area contributed by atoms with Crippen LogP contribution in [0.1, 0.15) is 17.5 Å². The van der Waals surface area contributed by atoms with Gasteiger partial charge in [0.25, 0.3) is 0 Å². The number of aryl methyl sites for hydroxylation is 1. The molecule has 2 rings (SSSR count). The van der Waals surface area contributed by atoms with Crippen molar-refractivity contribution in [1.82, 2.24) is 0 Å². The zero-order chi connectivity index (χ0) is 13.3. The summed E-state index contributed by atoms with van der Waals surface area (Å²) < 4.78 is 5.13. The fraction of sp³-hybridized carbons (Fsp3) is 0.294. The first-order chi connectivity index (χ1) is 9.40. The third kappa shape index (κ3) is 4.73. The van der Waals surface area contributed by atoms with Crippen molar-refractivity contribution in [1.29, 1.82) is 0 Å². The van der Waals surface area contributed by atoms with Gasteiger partial charge in [-0.2, -0.15) is 0 Å². The fourth-order valence-corrected chi connectivity index (χ4v) is 3.04. The first-order valence-corrected chi connectivity index (χ1v) is 7.62. The van der Waals surface area contributed by atoms with Crippen LogP contribution in [0.3, 0.4) is 0 Å². The molecule has 1 nitrogen and oxygen atoms in total. The monoisotopic (exact) mass is 272 g/mol. The summed E-state index contributed by atoms with van der Waals surface area (Å²) in [6.45, 7) is 0.831. The van der Waals surface area contributed by atoms with Crippen LogP contribution < -0.4 is 0 Å². The Bertz CT molecular complexity index is 482. The maximum absolute atomic E-state index is 5.13. The van der Waals surface area contributed by atoms with Gasteiger partial charge in [0.1, 0.15) is 0 Å². The summed E-state index contributed by atoms with van der Waals surface area (Å²) in [5.74, 6) is 1.03. The van der Waals surface area contributed by atoms with E-state index in [-0.39, 0.29) is 0 Å². The van der Waals surface area contributed by atoms with Crippen molar-refractivity contribution >= 4 is 11.8 Å². The summed E-state index contributed by atoms with van der Waals surface area (Å²) in [6, 6.07) is 19.3. The standard InChI is InChI=1S/C17H20OS/c1-18-13-7-11-16-10-5-6-12-17(16)19-14-15-8-3-2-4-9-15/h2-6,8-10,12H,7,11,13-14H2,1H3. The molecule has 2 aromatic rings. The average Bonchev–Trinajstić information content (AvgIpc) is 2.48. The van der Waals surface area contributed by atoms with E-state index < -0.39 is 0 Å². The molecule has 0 aromatic heterocycles. The third-order valence-corrected chi connectivity index (χ3v) is 4.19. The largest absolute Gasteiger partial charge is 0.385 e. The molecule has 0 saturated carbocycles. The number of methoxy groups -OCH3 is 1. The summed E-state index contributed by atoms with van der Waals surface area (Å²) in [5, 5.41) is 0. The van der Waals surface area contributed by atoms with Gasteiger partial charge in [0.2, 0.25) is 0 Å². The lowest BCUT2D eigenvalue weighted by Gasteiger charge is -2.09. The van der Waals surface area contributed by atoms with Crippen LogP contribution in [0.2, 0.25) is 0 Å². The van der Waals surface area contributed by atoms with Crippen LogP contribution in [0.25, 0.3) is 0 Å². The normalized spacial score (nSPS) is 10.6. The van der Waals surface area contributed by atoms with E-state index in [1.54, 1.807) is 7.11 Å². The van der Waals surface area contributed by atoms with Gasteiger partial charge in [0, 0.05) is 24.4 Å². The topological polar surface area (TPSA) is 9.23 Å². The molecule has 0 bridgehead atoms. The van der Waals surface area contributed by atoms with E-state index >= 15 is 0 Å². The molecule has 0 atom stereocenters. The molecule has 0 saturated heterocycles. The maximum atomic E-state index is 5.13. The Labute approximate surface area is 120 Å². The molecular weight excluding hydrogens is 252 g/mol. The molecule has 0 aliphatic heterocycles. The van der Waals surface area contributed by atoms with Gasteiger partial charge in [-0.25, -0.2) is 0 Å². The van der Waals surface area contributed by atoms with Crippen molar-refractivity contribution in [2.75, 3.05) is 13.7 Å². The molecule has 0 N–H and O–H groups in total. The highest BCUT2D eigenvalue weighted by Crippen LogP contribution is 2.27. The SMILES string of the molecule is COCCCc1ccccc1SCc1ccccc1. The molecule has 2 heteroatoms. The van der Waals surface area contributed by atoms with Gasteiger partial charge in [-0.15, -0.1) is 11.8 Å². The van der Waals surface area contributed by atoms with Crippen LogP contribution in [-0.4, -0.2) is 13.7 Å². The Morgan fingerprint density at radius 1 is 0.947 bits per heavy atom. The third-order valence-electron chi connectivity index (χ3n) is 3.00. The van der Waals surface area contributed by atoms with E-state index in [0.717, 1.165) is 25.2 Å². The van der Waals surface area contributed by atoms with Gasteiger partial charge in [-0.1, -0.05) is 48.5 Å². The van der Waals surface area contributed by atoms with Gasteiger partial charge in [0.15, 0.2) is 0 Å². The smallest absolute Gasteiger partial charge is 0.0465 e. The Hall–Kier alpha value is -1.25. The van der Waals surface area contributed by atoms with Crippen molar-refractivity contribution in [2.45, 2.75) is 23.5 Å². The van der Waals surface area contributed by atoms with E-state index in [4.69, 9.17) is 4.74 Å². The highest BCUT2D eigenvalue weighted by molar-refractivity contribution is 7.98. The second-order valence-corrected chi connectivity index (χ2v) is 5.50. The van der Waals surface area contributed by atoms with Crippen LogP contribution in [0.4, 0.5) is 0 Å². The maximum Gasteiger partial charge on any atom is 0.0465 e. The Kier molecular flexibility index (Phi) is 5.99. The number of thioether (sulfide) groups is 1. The first kappa shape index (κ1) is 14.2. The molecule has 2 aromatic carbocycles. The van der Waals surface area contributed by atoms with E-state index in [1.807, 2.05) is 11.8 Å². The van der Waals surface area contributed by atoms with Crippen LogP contribution in [0, 0.1) is 0 Å². The lowest BCUT2D eigenvalue weighted by Crippen LogP contribution is -1.94. The van der Waals surface area contributed by atoms with Crippen molar-refractivity contribution < 1.29 is 4.74 Å². The number of rotatable bonds is 7. The molecule has 0 fully saturated rings. The highest BCUT2D eigenvalue weighted by Gasteiger charge is 2.03. The number of hydrogen-bond donors (Lipinski definition) is 0. The minimum atomic E-state index is 0.831. The van der Waals surface area contributed by atoms with Gasteiger partial charge in [0.05, 0.1) is 0 Å². The second-order valence-electron chi connectivity index (χ2n) is 4.48. The Morgan fingerprint density at radius 2 is 1.68 bits per heavy atom. The van der Waals surface area contributed by atoms with Gasteiger partial charge >= 0.3 is 0 Å². The molecule has 100 valence electrons. The first-order valence-electron chi connectivity index (χ1n) is 6.63. The predicted molar refractivity (Wildman–Crippen MR) is 82.6 cm³/mol.